The highest BCUT2D eigenvalue weighted by Gasteiger charge is 2.69. The van der Waals surface area contributed by atoms with Gasteiger partial charge in [-0.3, -0.25) is 9.48 Å². The Hall–Kier alpha value is -1.89. The number of likely N-dealkylation sites (tertiary alicyclic amines) is 1. The molecule has 0 radical (unpaired) electrons. The van der Waals surface area contributed by atoms with Crippen LogP contribution in [0.25, 0.3) is 0 Å². The number of ether oxygens (including phenoxy) is 1. The molecule has 3 aliphatic rings. The van der Waals surface area contributed by atoms with E-state index in [2.05, 4.69) is 18.9 Å². The highest BCUT2D eigenvalue weighted by molar-refractivity contribution is 5.97. The maximum atomic E-state index is 12.7. The molecular formula is C15H19N3O4. The average Bonchev–Trinajstić information content (AvgIpc) is 2.83. The molecule has 7 nitrogen and oxygen atoms in total. The van der Waals surface area contributed by atoms with Gasteiger partial charge >= 0.3 is 5.97 Å². The maximum Gasteiger partial charge on any atom is 0.326 e. The zero-order valence-electron chi connectivity index (χ0n) is 12.6. The van der Waals surface area contributed by atoms with E-state index in [1.54, 1.807) is 10.9 Å². The van der Waals surface area contributed by atoms with E-state index in [4.69, 9.17) is 4.74 Å². The Morgan fingerprint density at radius 3 is 2.73 bits per heavy atom. The molecule has 3 fully saturated rings. The Morgan fingerprint density at radius 2 is 2.14 bits per heavy atom. The number of hydrogen-bond donors (Lipinski definition) is 1. The van der Waals surface area contributed by atoms with Gasteiger partial charge in [-0.05, 0) is 11.3 Å². The van der Waals surface area contributed by atoms with Gasteiger partial charge in [0.05, 0.1) is 31.0 Å². The quantitative estimate of drug-likeness (QED) is 0.885. The average molecular weight is 305 g/mol. The van der Waals surface area contributed by atoms with Gasteiger partial charge in [0.15, 0.2) is 0 Å². The molecule has 22 heavy (non-hydrogen) atoms. The molecule has 4 rings (SSSR count). The van der Waals surface area contributed by atoms with Crippen LogP contribution in [0.5, 0.6) is 0 Å². The van der Waals surface area contributed by atoms with Crippen LogP contribution in [0.2, 0.25) is 0 Å². The third kappa shape index (κ3) is 1.75. The molecule has 2 saturated heterocycles. The van der Waals surface area contributed by atoms with Crippen LogP contribution in [0.3, 0.4) is 0 Å². The number of carbonyl (C=O) groups excluding carboxylic acids is 1. The van der Waals surface area contributed by atoms with Crippen molar-refractivity contribution in [3.05, 3.63) is 18.0 Å². The van der Waals surface area contributed by atoms with Crippen molar-refractivity contribution in [1.82, 2.24) is 14.7 Å². The van der Waals surface area contributed by atoms with E-state index < -0.39 is 12.0 Å². The fraction of sp³-hybridized carbons (Fsp3) is 0.667. The van der Waals surface area contributed by atoms with Gasteiger partial charge in [-0.2, -0.15) is 5.10 Å². The summed E-state index contributed by atoms with van der Waals surface area (Å²) in [5.74, 6) is -0.801. The summed E-state index contributed by atoms with van der Waals surface area (Å²) in [7, 11) is 0. The fourth-order valence-corrected chi connectivity index (χ4v) is 3.97. The first-order valence-corrected chi connectivity index (χ1v) is 7.57. The molecule has 118 valence electrons. The summed E-state index contributed by atoms with van der Waals surface area (Å²) < 4.78 is 6.85. The second kappa shape index (κ2) is 4.32. The van der Waals surface area contributed by atoms with Crippen molar-refractivity contribution >= 4 is 11.9 Å². The number of rotatable bonds is 3. The summed E-state index contributed by atoms with van der Waals surface area (Å²) in [5, 5.41) is 13.7. The normalized spacial score (nSPS) is 32.5. The third-order valence-electron chi connectivity index (χ3n) is 5.57. The number of nitrogens with zero attached hydrogens (tertiary/aromatic N) is 3. The Bertz CT molecular complexity index is 649. The molecule has 0 spiro atoms. The minimum atomic E-state index is -0.911. The fourth-order valence-electron chi connectivity index (χ4n) is 3.97. The number of carbonyl (C=O) groups is 2. The Labute approximate surface area is 127 Å². The van der Waals surface area contributed by atoms with Gasteiger partial charge in [0, 0.05) is 18.7 Å². The van der Waals surface area contributed by atoms with Crippen molar-refractivity contribution in [2.45, 2.75) is 25.9 Å². The lowest BCUT2D eigenvalue weighted by atomic mass is 10.0. The summed E-state index contributed by atoms with van der Waals surface area (Å²) >= 11 is 0. The number of carboxylic acid groups (broad SMARTS) is 1. The Balaban J connectivity index is 1.55. The minimum Gasteiger partial charge on any atom is -0.480 e. The van der Waals surface area contributed by atoms with Crippen molar-refractivity contribution in [3.8, 4) is 0 Å². The summed E-state index contributed by atoms with van der Waals surface area (Å²) in [6, 6.07) is -0.536. The molecule has 0 bridgehead atoms. The molecule has 0 unspecified atom stereocenters. The van der Waals surface area contributed by atoms with Gasteiger partial charge in [-0.15, -0.1) is 0 Å². The zero-order valence-corrected chi connectivity index (χ0v) is 12.6. The highest BCUT2D eigenvalue weighted by Crippen LogP contribution is 2.64. The number of amides is 1. The number of aromatic nitrogens is 2. The number of piperidine rings is 1. The van der Waals surface area contributed by atoms with Gasteiger partial charge < -0.3 is 14.7 Å². The molecule has 7 heteroatoms. The standard InChI is InChI=1S/C15H19N3O4/c1-15(2)10-5-17(12(11(10)15)14(20)21)13(19)8-3-16-18(4-8)9-6-22-7-9/h3-4,9-12H,5-7H2,1-2H3,(H,20,21)/t10-,11-,12-/m0/s1. The first-order valence-electron chi connectivity index (χ1n) is 7.57. The lowest BCUT2D eigenvalue weighted by molar-refractivity contribution is -0.142. The molecule has 1 aromatic heterocycles. The summed E-state index contributed by atoms with van der Waals surface area (Å²) in [4.78, 5) is 25.8. The summed E-state index contributed by atoms with van der Waals surface area (Å²) in [6.07, 6.45) is 3.22. The SMILES string of the molecule is CC1(C)[C@@H]2[C@@H](C(=O)O)N(C(=O)c3cnn(C4COC4)c3)C[C@@H]21. The first-order chi connectivity index (χ1) is 10.4. The van der Waals surface area contributed by atoms with Crippen LogP contribution in [0.1, 0.15) is 30.2 Å². The molecule has 2 aliphatic heterocycles. The van der Waals surface area contributed by atoms with Crippen LogP contribution in [0.15, 0.2) is 12.4 Å². The number of aliphatic carboxylic acids is 1. The monoisotopic (exact) mass is 305 g/mol. The Morgan fingerprint density at radius 1 is 1.41 bits per heavy atom. The summed E-state index contributed by atoms with van der Waals surface area (Å²) in [5.41, 5.74) is 0.477. The smallest absolute Gasteiger partial charge is 0.326 e. The van der Waals surface area contributed by atoms with Gasteiger partial charge in [-0.25, -0.2) is 4.79 Å². The molecular weight excluding hydrogens is 286 g/mol. The van der Waals surface area contributed by atoms with E-state index in [-0.39, 0.29) is 29.2 Å². The second-order valence-corrected chi connectivity index (χ2v) is 7.09. The van der Waals surface area contributed by atoms with E-state index in [0.717, 1.165) is 0 Å². The van der Waals surface area contributed by atoms with Crippen LogP contribution in [0, 0.1) is 17.3 Å². The van der Waals surface area contributed by atoms with E-state index in [1.165, 1.54) is 11.1 Å². The second-order valence-electron chi connectivity index (χ2n) is 7.09. The first kappa shape index (κ1) is 13.8. The van der Waals surface area contributed by atoms with E-state index in [9.17, 15) is 14.7 Å². The third-order valence-corrected chi connectivity index (χ3v) is 5.57. The molecule has 1 amide bonds. The predicted octanol–water partition coefficient (Wildman–Crippen LogP) is 0.636. The van der Waals surface area contributed by atoms with E-state index in [1.807, 2.05) is 0 Å². The Kier molecular flexibility index (Phi) is 2.70. The largest absolute Gasteiger partial charge is 0.480 e. The molecule has 3 atom stereocenters. The van der Waals surface area contributed by atoms with Crippen LogP contribution < -0.4 is 0 Å². The zero-order chi connectivity index (χ0) is 15.6. The van der Waals surface area contributed by atoms with Crippen LogP contribution >= 0.6 is 0 Å². The molecule has 0 aromatic carbocycles. The van der Waals surface area contributed by atoms with Gasteiger partial charge in [-0.1, -0.05) is 13.8 Å². The van der Waals surface area contributed by atoms with Crippen molar-refractivity contribution < 1.29 is 19.4 Å². The maximum absolute atomic E-state index is 12.7. The van der Waals surface area contributed by atoms with Crippen molar-refractivity contribution in [1.29, 1.82) is 0 Å². The predicted molar refractivity (Wildman–Crippen MR) is 75.3 cm³/mol. The van der Waals surface area contributed by atoms with E-state index in [0.29, 0.717) is 25.3 Å². The van der Waals surface area contributed by atoms with Crippen molar-refractivity contribution in [3.63, 3.8) is 0 Å². The number of hydrogen-bond acceptors (Lipinski definition) is 4. The van der Waals surface area contributed by atoms with Crippen LogP contribution in [-0.2, 0) is 9.53 Å². The van der Waals surface area contributed by atoms with E-state index >= 15 is 0 Å². The lowest BCUT2D eigenvalue weighted by Crippen LogP contribution is -2.45. The molecule has 3 heterocycles. The molecule has 1 aromatic rings. The molecule has 1 saturated carbocycles. The molecule has 1 aliphatic carbocycles. The van der Waals surface area contributed by atoms with Crippen molar-refractivity contribution in [2.24, 2.45) is 17.3 Å². The minimum absolute atomic E-state index is 0.0211. The lowest BCUT2D eigenvalue weighted by Gasteiger charge is -2.28. The van der Waals surface area contributed by atoms with Crippen LogP contribution in [-0.4, -0.2) is 57.5 Å². The number of carboxylic acids is 1. The van der Waals surface area contributed by atoms with Crippen LogP contribution in [0.4, 0.5) is 0 Å². The summed E-state index contributed by atoms with van der Waals surface area (Å²) in [6.45, 7) is 5.89. The van der Waals surface area contributed by atoms with Gasteiger partial charge in [0.1, 0.15) is 6.04 Å². The molecule has 1 N–H and O–H groups in total. The van der Waals surface area contributed by atoms with Gasteiger partial charge in [0.2, 0.25) is 0 Å². The number of fused-ring (bicyclic) bond motifs is 1. The van der Waals surface area contributed by atoms with Gasteiger partial charge in [0.25, 0.3) is 5.91 Å². The highest BCUT2D eigenvalue weighted by atomic mass is 16.5. The van der Waals surface area contributed by atoms with Crippen molar-refractivity contribution in [2.75, 3.05) is 19.8 Å². The topological polar surface area (TPSA) is 84.7 Å².